The Kier molecular flexibility index (Phi) is 6.06. The molecule has 0 bridgehead atoms. The van der Waals surface area contributed by atoms with Crippen molar-refractivity contribution in [3.05, 3.63) is 18.2 Å². The maximum atomic E-state index is 12.7. The van der Waals surface area contributed by atoms with Gasteiger partial charge in [0.05, 0.1) is 6.07 Å². The van der Waals surface area contributed by atoms with Crippen LogP contribution in [-0.4, -0.2) is 46.3 Å². The number of hydrogen-bond donors (Lipinski definition) is 4. The average Bonchev–Trinajstić information content (AvgIpc) is 3.30. The lowest BCUT2D eigenvalue weighted by molar-refractivity contribution is -0.128. The third-order valence-corrected chi connectivity index (χ3v) is 4.99. The number of imidazole rings is 1. The Balaban J connectivity index is 1.59. The van der Waals surface area contributed by atoms with Gasteiger partial charge < -0.3 is 20.9 Å². The van der Waals surface area contributed by atoms with Crippen LogP contribution in [0.3, 0.4) is 0 Å². The van der Waals surface area contributed by atoms with E-state index in [-0.39, 0.29) is 24.1 Å². The monoisotopic (exact) mass is 372 g/mol. The van der Waals surface area contributed by atoms with Gasteiger partial charge in [0.2, 0.25) is 11.8 Å². The van der Waals surface area contributed by atoms with Crippen LogP contribution in [0.5, 0.6) is 0 Å². The topological polar surface area (TPSA) is 140 Å². The van der Waals surface area contributed by atoms with Gasteiger partial charge in [-0.15, -0.1) is 0 Å². The molecule has 9 nitrogen and oxygen atoms in total. The standard InChI is InChI=1S/C18H24N6O3/c19-10-13(9-12-2-1-5-22-16(12)25)23-17(26)14(8-11-3-4-11)24-18(27)15-20-6-7-21-15/h6-7,11-14H,1-5,8-9H2,(H,20,21)(H,22,25)(H,23,26)(H,24,27)/t12?,13-,14?/m0/s1. The second-order valence-electron chi connectivity index (χ2n) is 7.20. The summed E-state index contributed by atoms with van der Waals surface area (Å²) in [7, 11) is 0. The van der Waals surface area contributed by atoms with Gasteiger partial charge in [0.15, 0.2) is 5.82 Å². The lowest BCUT2D eigenvalue weighted by atomic mass is 9.92. The molecule has 1 aromatic rings. The summed E-state index contributed by atoms with van der Waals surface area (Å²) in [4.78, 5) is 43.4. The second-order valence-corrected chi connectivity index (χ2v) is 7.20. The molecule has 144 valence electrons. The molecule has 2 heterocycles. The fraction of sp³-hybridized carbons (Fsp3) is 0.611. The van der Waals surface area contributed by atoms with E-state index in [1.807, 2.05) is 0 Å². The predicted molar refractivity (Wildman–Crippen MR) is 95.1 cm³/mol. The minimum Gasteiger partial charge on any atom is -0.356 e. The highest BCUT2D eigenvalue weighted by molar-refractivity contribution is 5.95. The molecule has 1 aliphatic heterocycles. The highest BCUT2D eigenvalue weighted by atomic mass is 16.2. The number of nitriles is 1. The van der Waals surface area contributed by atoms with Crippen LogP contribution in [0, 0.1) is 23.2 Å². The summed E-state index contributed by atoms with van der Waals surface area (Å²) >= 11 is 0. The van der Waals surface area contributed by atoms with Gasteiger partial charge in [0, 0.05) is 24.9 Å². The van der Waals surface area contributed by atoms with E-state index in [4.69, 9.17) is 0 Å². The number of hydrogen-bond acceptors (Lipinski definition) is 5. The first-order chi connectivity index (χ1) is 13.1. The highest BCUT2D eigenvalue weighted by Crippen LogP contribution is 2.33. The summed E-state index contributed by atoms with van der Waals surface area (Å²) in [6.07, 6.45) is 7.44. The van der Waals surface area contributed by atoms with E-state index in [2.05, 4.69) is 32.0 Å². The first-order valence-corrected chi connectivity index (χ1v) is 9.34. The fourth-order valence-corrected chi connectivity index (χ4v) is 3.30. The van der Waals surface area contributed by atoms with Gasteiger partial charge in [0.25, 0.3) is 5.91 Å². The van der Waals surface area contributed by atoms with Crippen LogP contribution in [-0.2, 0) is 9.59 Å². The van der Waals surface area contributed by atoms with E-state index in [0.717, 1.165) is 19.3 Å². The van der Waals surface area contributed by atoms with Crippen LogP contribution in [0.25, 0.3) is 0 Å². The number of amides is 3. The quantitative estimate of drug-likeness (QED) is 0.517. The van der Waals surface area contributed by atoms with Crippen molar-refractivity contribution in [2.75, 3.05) is 6.54 Å². The molecule has 3 amide bonds. The Morgan fingerprint density at radius 2 is 2.11 bits per heavy atom. The van der Waals surface area contributed by atoms with Gasteiger partial charge in [-0.1, -0.05) is 12.8 Å². The first-order valence-electron chi connectivity index (χ1n) is 9.34. The van der Waals surface area contributed by atoms with Crippen molar-refractivity contribution in [3.8, 4) is 6.07 Å². The molecule has 2 fully saturated rings. The zero-order valence-electron chi connectivity index (χ0n) is 15.0. The summed E-state index contributed by atoms with van der Waals surface area (Å²) in [6, 6.07) is 0.562. The molecule has 4 N–H and O–H groups in total. The lowest BCUT2D eigenvalue weighted by Crippen LogP contribution is -2.50. The number of aromatic nitrogens is 2. The molecule has 2 aliphatic rings. The number of aromatic amines is 1. The van der Waals surface area contributed by atoms with Gasteiger partial charge in [-0.3, -0.25) is 14.4 Å². The van der Waals surface area contributed by atoms with Crippen molar-refractivity contribution in [2.24, 2.45) is 11.8 Å². The van der Waals surface area contributed by atoms with Crippen molar-refractivity contribution in [1.82, 2.24) is 25.9 Å². The highest BCUT2D eigenvalue weighted by Gasteiger charge is 2.33. The van der Waals surface area contributed by atoms with Crippen LogP contribution in [0.15, 0.2) is 12.4 Å². The number of carbonyl (C=O) groups excluding carboxylic acids is 3. The van der Waals surface area contributed by atoms with E-state index in [1.165, 1.54) is 12.4 Å². The van der Waals surface area contributed by atoms with Gasteiger partial charge in [-0.05, 0) is 31.6 Å². The van der Waals surface area contributed by atoms with Crippen molar-refractivity contribution in [2.45, 2.75) is 50.6 Å². The number of piperidine rings is 1. The molecule has 27 heavy (non-hydrogen) atoms. The maximum absolute atomic E-state index is 12.7. The molecule has 0 spiro atoms. The van der Waals surface area contributed by atoms with E-state index >= 15 is 0 Å². The normalized spacial score (nSPS) is 21.4. The molecule has 3 rings (SSSR count). The number of nitrogens with zero attached hydrogens (tertiary/aromatic N) is 2. The Labute approximate surface area is 157 Å². The minimum atomic E-state index is -0.770. The van der Waals surface area contributed by atoms with E-state index in [9.17, 15) is 19.6 Å². The largest absolute Gasteiger partial charge is 0.356 e. The van der Waals surface area contributed by atoms with Gasteiger partial charge in [-0.2, -0.15) is 5.26 Å². The van der Waals surface area contributed by atoms with Crippen LogP contribution in [0.4, 0.5) is 0 Å². The third kappa shape index (κ3) is 5.29. The van der Waals surface area contributed by atoms with Gasteiger partial charge >= 0.3 is 0 Å². The fourth-order valence-electron chi connectivity index (χ4n) is 3.30. The molecular formula is C18H24N6O3. The summed E-state index contributed by atoms with van der Waals surface area (Å²) in [6.45, 7) is 0.654. The summed E-state index contributed by atoms with van der Waals surface area (Å²) in [5, 5.41) is 17.6. The molecule has 0 aromatic carbocycles. The molecule has 1 aromatic heterocycles. The summed E-state index contributed by atoms with van der Waals surface area (Å²) in [5.74, 6) is -0.660. The molecule has 1 aliphatic carbocycles. The maximum Gasteiger partial charge on any atom is 0.287 e. The molecule has 1 saturated heterocycles. The van der Waals surface area contributed by atoms with E-state index in [1.54, 1.807) is 0 Å². The van der Waals surface area contributed by atoms with Crippen LogP contribution >= 0.6 is 0 Å². The number of rotatable bonds is 8. The van der Waals surface area contributed by atoms with Crippen molar-refractivity contribution in [1.29, 1.82) is 5.26 Å². The second kappa shape index (κ2) is 8.66. The van der Waals surface area contributed by atoms with Crippen molar-refractivity contribution in [3.63, 3.8) is 0 Å². The zero-order chi connectivity index (χ0) is 19.2. The Bertz CT molecular complexity index is 722. The smallest absolute Gasteiger partial charge is 0.287 e. The average molecular weight is 372 g/mol. The summed E-state index contributed by atoms with van der Waals surface area (Å²) < 4.78 is 0. The van der Waals surface area contributed by atoms with E-state index < -0.39 is 23.9 Å². The number of H-pyrrole nitrogens is 1. The predicted octanol–water partition coefficient (Wildman–Crippen LogP) is 0.233. The SMILES string of the molecule is N#C[C@H](CC1CCCNC1=O)NC(=O)C(CC1CC1)NC(=O)c1ncc[nH]1. The molecule has 3 atom stereocenters. The lowest BCUT2D eigenvalue weighted by Gasteiger charge is -2.25. The van der Waals surface area contributed by atoms with Crippen LogP contribution in [0.1, 0.15) is 49.1 Å². The first kappa shape index (κ1) is 18.9. The van der Waals surface area contributed by atoms with E-state index in [0.29, 0.717) is 25.3 Å². The molecule has 1 saturated carbocycles. The third-order valence-electron chi connectivity index (χ3n) is 4.99. The molecule has 0 radical (unpaired) electrons. The Hall–Kier alpha value is -2.89. The Morgan fingerprint density at radius 1 is 1.30 bits per heavy atom. The summed E-state index contributed by atoms with van der Waals surface area (Å²) in [5.41, 5.74) is 0. The number of carbonyl (C=O) groups is 3. The molecule has 9 heteroatoms. The van der Waals surface area contributed by atoms with Crippen LogP contribution in [0.2, 0.25) is 0 Å². The van der Waals surface area contributed by atoms with Gasteiger partial charge in [-0.25, -0.2) is 4.98 Å². The molecular weight excluding hydrogens is 348 g/mol. The van der Waals surface area contributed by atoms with Gasteiger partial charge in [0.1, 0.15) is 12.1 Å². The zero-order valence-corrected chi connectivity index (χ0v) is 15.0. The van der Waals surface area contributed by atoms with Crippen molar-refractivity contribution >= 4 is 17.7 Å². The molecule has 2 unspecified atom stereocenters. The van der Waals surface area contributed by atoms with Crippen LogP contribution < -0.4 is 16.0 Å². The Morgan fingerprint density at radius 3 is 2.74 bits per heavy atom. The minimum absolute atomic E-state index is 0.0728. The number of nitrogens with one attached hydrogen (secondary N) is 4. The van der Waals surface area contributed by atoms with Crippen molar-refractivity contribution < 1.29 is 14.4 Å².